The van der Waals surface area contributed by atoms with Crippen molar-refractivity contribution in [2.45, 2.75) is 13.3 Å². The van der Waals surface area contributed by atoms with Crippen LogP contribution in [-0.4, -0.2) is 10.5 Å². The van der Waals surface area contributed by atoms with Gasteiger partial charge in [-0.1, -0.05) is 17.7 Å². The predicted octanol–water partition coefficient (Wildman–Crippen LogP) is 1.88. The zero-order valence-corrected chi connectivity index (χ0v) is 8.14. The number of rotatable bonds is 0. The highest BCUT2D eigenvalue weighted by molar-refractivity contribution is 7.74. The van der Waals surface area contributed by atoms with Gasteiger partial charge in [-0.2, -0.15) is 0 Å². The maximum absolute atomic E-state index is 10.9. The monoisotopic (exact) mass is 197 g/mol. The molecule has 2 rings (SSSR count). The molecule has 0 unspecified atom stereocenters. The van der Waals surface area contributed by atoms with Crippen LogP contribution in [0.3, 0.4) is 0 Å². The van der Waals surface area contributed by atoms with E-state index in [-0.39, 0.29) is 5.91 Å². The van der Waals surface area contributed by atoms with Gasteiger partial charge in [0.2, 0.25) is 5.91 Å². The second-order valence-electron chi connectivity index (χ2n) is 2.89. The molecular formula is C9H11NO2S. The Morgan fingerprint density at radius 2 is 2.15 bits per heavy atom. The van der Waals surface area contributed by atoms with Gasteiger partial charge in [0.25, 0.3) is 0 Å². The number of nitrogens with one attached hydrogen (secondary N) is 1. The van der Waals surface area contributed by atoms with Gasteiger partial charge < -0.3 is 9.87 Å². The molecule has 0 bridgehead atoms. The molecule has 4 heteroatoms. The summed E-state index contributed by atoms with van der Waals surface area (Å²) in [5.41, 5.74) is 3.30. The molecule has 0 saturated heterocycles. The highest BCUT2D eigenvalue weighted by Gasteiger charge is 2.16. The molecule has 0 saturated carbocycles. The van der Waals surface area contributed by atoms with E-state index in [1.807, 2.05) is 25.1 Å². The summed E-state index contributed by atoms with van der Waals surface area (Å²) >= 11 is 2.53. The summed E-state index contributed by atoms with van der Waals surface area (Å²) in [5, 5.41) is 2.79. The molecule has 0 radical (unpaired) electrons. The lowest BCUT2D eigenvalue weighted by Gasteiger charge is -1.97. The summed E-state index contributed by atoms with van der Waals surface area (Å²) < 4.78 is 6.69. The normalized spacial score (nSPS) is 12.7. The zero-order chi connectivity index (χ0) is 9.84. The topological polar surface area (TPSA) is 49.3 Å². The van der Waals surface area contributed by atoms with Gasteiger partial charge in [-0.25, -0.2) is 0 Å². The molecular weight excluding hydrogens is 186 g/mol. The van der Waals surface area contributed by atoms with Gasteiger partial charge in [-0.15, -0.1) is 0 Å². The van der Waals surface area contributed by atoms with Crippen molar-refractivity contribution in [1.82, 2.24) is 0 Å². The molecule has 3 nitrogen and oxygen atoms in total. The lowest BCUT2D eigenvalue weighted by Crippen LogP contribution is -2.03. The van der Waals surface area contributed by atoms with Crippen LogP contribution in [0.5, 0.6) is 0 Å². The van der Waals surface area contributed by atoms with Gasteiger partial charge in [-0.05, 0) is 31.5 Å². The van der Waals surface area contributed by atoms with Crippen molar-refractivity contribution in [2.24, 2.45) is 0 Å². The minimum atomic E-state index is 0.102. The van der Waals surface area contributed by atoms with Gasteiger partial charge in [-0.3, -0.25) is 4.79 Å². The molecule has 2 N–H and O–H groups in total. The third-order valence-electron chi connectivity index (χ3n) is 1.89. The number of anilines is 1. The van der Waals surface area contributed by atoms with E-state index >= 15 is 0 Å². The fraction of sp³-hybridized carbons (Fsp3) is 0.222. The van der Waals surface area contributed by atoms with Gasteiger partial charge in [0.1, 0.15) is 0 Å². The van der Waals surface area contributed by atoms with Crippen molar-refractivity contribution >= 4 is 24.5 Å². The molecule has 13 heavy (non-hydrogen) atoms. The van der Waals surface area contributed by atoms with Crippen LogP contribution in [0.2, 0.25) is 0 Å². The third-order valence-corrected chi connectivity index (χ3v) is 1.89. The minimum absolute atomic E-state index is 0.102. The van der Waals surface area contributed by atoms with E-state index in [0.717, 1.165) is 11.3 Å². The Morgan fingerprint density at radius 1 is 1.46 bits per heavy atom. The lowest BCUT2D eigenvalue weighted by molar-refractivity contribution is -0.115. The number of benzene rings is 1. The molecule has 1 amide bonds. The van der Waals surface area contributed by atoms with Crippen molar-refractivity contribution in [2.75, 3.05) is 5.32 Å². The first-order valence-electron chi connectivity index (χ1n) is 3.85. The van der Waals surface area contributed by atoms with Crippen LogP contribution in [-0.2, 0) is 11.2 Å². The Kier molecular flexibility index (Phi) is 3.33. The smallest absolute Gasteiger partial charge is 0.228 e. The maximum atomic E-state index is 10.9. The number of amides is 1. The summed E-state index contributed by atoms with van der Waals surface area (Å²) in [5.74, 6) is 0.102. The van der Waals surface area contributed by atoms with Gasteiger partial charge >= 0.3 is 0 Å². The van der Waals surface area contributed by atoms with E-state index < -0.39 is 0 Å². The standard InChI is InChI=1S/C9H9NO.H2OS/c1-6-2-3-8-7(4-6)5-9(11)10-8;1-2/h2-4H,5H2,1H3,(H,10,11);1-2H. The van der Waals surface area contributed by atoms with Gasteiger partial charge in [0.05, 0.1) is 6.42 Å². The van der Waals surface area contributed by atoms with E-state index in [2.05, 4.69) is 18.2 Å². The first-order valence-corrected chi connectivity index (χ1v) is 4.25. The molecule has 70 valence electrons. The average molecular weight is 197 g/mol. The van der Waals surface area contributed by atoms with Gasteiger partial charge in [0.15, 0.2) is 0 Å². The van der Waals surface area contributed by atoms with Crippen molar-refractivity contribution in [3.05, 3.63) is 29.3 Å². The molecule has 0 atom stereocenters. The van der Waals surface area contributed by atoms with Crippen LogP contribution >= 0.6 is 12.9 Å². The highest BCUT2D eigenvalue weighted by atomic mass is 32.1. The van der Waals surface area contributed by atoms with E-state index in [1.165, 1.54) is 5.56 Å². The quantitative estimate of drug-likeness (QED) is 0.439. The number of aryl methyl sites for hydroxylation is 1. The van der Waals surface area contributed by atoms with Crippen LogP contribution < -0.4 is 5.32 Å². The Bertz CT molecular complexity index is 325. The molecule has 1 aromatic carbocycles. The van der Waals surface area contributed by atoms with Crippen molar-refractivity contribution < 1.29 is 9.35 Å². The Hall–Kier alpha value is -1.00. The third kappa shape index (κ3) is 2.23. The lowest BCUT2D eigenvalue weighted by atomic mass is 10.1. The number of hydrogen-bond acceptors (Lipinski definition) is 3. The molecule has 1 aliphatic rings. The Morgan fingerprint density at radius 3 is 2.85 bits per heavy atom. The second kappa shape index (κ2) is 4.30. The SMILES string of the molecule is Cc1ccc2c(c1)CC(=O)N2.OS. The molecule has 0 aliphatic carbocycles. The largest absolute Gasteiger partial charge is 0.333 e. The van der Waals surface area contributed by atoms with Crippen molar-refractivity contribution in [3.63, 3.8) is 0 Å². The molecule has 0 aromatic heterocycles. The van der Waals surface area contributed by atoms with E-state index in [9.17, 15) is 4.79 Å². The fourth-order valence-corrected chi connectivity index (χ4v) is 1.36. The van der Waals surface area contributed by atoms with E-state index in [4.69, 9.17) is 4.55 Å². The van der Waals surface area contributed by atoms with E-state index in [1.54, 1.807) is 0 Å². The van der Waals surface area contributed by atoms with Crippen LogP contribution in [0.4, 0.5) is 5.69 Å². The summed E-state index contributed by atoms with van der Waals surface area (Å²) in [4.78, 5) is 10.9. The van der Waals surface area contributed by atoms with Crippen molar-refractivity contribution in [3.8, 4) is 0 Å². The number of carbonyl (C=O) groups is 1. The average Bonchev–Trinajstić information content (AvgIpc) is 2.48. The summed E-state index contributed by atoms with van der Waals surface area (Å²) in [6.07, 6.45) is 0.539. The van der Waals surface area contributed by atoms with Crippen LogP contribution in [0.1, 0.15) is 11.1 Å². The van der Waals surface area contributed by atoms with Gasteiger partial charge in [0, 0.05) is 5.69 Å². The maximum Gasteiger partial charge on any atom is 0.228 e. The number of thiol groups is 1. The van der Waals surface area contributed by atoms with Crippen molar-refractivity contribution in [1.29, 1.82) is 0 Å². The summed E-state index contributed by atoms with van der Waals surface area (Å²) in [6, 6.07) is 6.01. The molecule has 0 spiro atoms. The van der Waals surface area contributed by atoms with E-state index in [0.29, 0.717) is 6.42 Å². The zero-order valence-electron chi connectivity index (χ0n) is 7.24. The number of hydrogen-bond donors (Lipinski definition) is 3. The minimum Gasteiger partial charge on any atom is -0.333 e. The second-order valence-corrected chi connectivity index (χ2v) is 2.89. The summed E-state index contributed by atoms with van der Waals surface area (Å²) in [7, 11) is 0. The van der Waals surface area contributed by atoms with Crippen LogP contribution in [0.25, 0.3) is 0 Å². The highest BCUT2D eigenvalue weighted by Crippen LogP contribution is 2.23. The first kappa shape index (κ1) is 10.1. The molecule has 1 aliphatic heterocycles. The summed E-state index contributed by atoms with van der Waals surface area (Å²) in [6.45, 7) is 2.03. The Labute approximate surface area is 82.4 Å². The molecule has 1 aromatic rings. The van der Waals surface area contributed by atoms with Crippen LogP contribution in [0.15, 0.2) is 18.2 Å². The molecule has 0 fully saturated rings. The van der Waals surface area contributed by atoms with Crippen LogP contribution in [0, 0.1) is 6.92 Å². The number of carbonyl (C=O) groups excluding carboxylic acids is 1. The Balaban J connectivity index is 0.000000396. The number of fused-ring (bicyclic) bond motifs is 1. The first-order chi connectivity index (χ1) is 6.25. The predicted molar refractivity (Wildman–Crippen MR) is 55.1 cm³/mol. The fourth-order valence-electron chi connectivity index (χ4n) is 1.36. The molecule has 1 heterocycles.